The van der Waals surface area contributed by atoms with Gasteiger partial charge in [0.25, 0.3) is 0 Å². The van der Waals surface area contributed by atoms with Gasteiger partial charge in [-0.25, -0.2) is 9.97 Å². The molecule has 4 heterocycles. The number of ether oxygens (including phenoxy) is 2. The van der Waals surface area contributed by atoms with Crippen LogP contribution in [0.1, 0.15) is 36.0 Å². The van der Waals surface area contributed by atoms with Crippen LogP contribution in [-0.2, 0) is 28.9 Å². The van der Waals surface area contributed by atoms with E-state index in [9.17, 15) is 0 Å². The average molecular weight is 493 g/mol. The molecule has 0 bridgehead atoms. The lowest BCUT2D eigenvalue weighted by Crippen LogP contribution is -2.36. The Labute approximate surface area is 200 Å². The van der Waals surface area contributed by atoms with E-state index in [1.165, 1.54) is 22.2 Å². The first kappa shape index (κ1) is 22.4. The largest absolute Gasteiger partial charge is 0.382 e. The van der Waals surface area contributed by atoms with Gasteiger partial charge in [-0.05, 0) is 49.9 Å². The van der Waals surface area contributed by atoms with Crippen molar-refractivity contribution in [2.75, 3.05) is 51.4 Å². The number of fused-ring (bicyclic) bond motifs is 3. The highest BCUT2D eigenvalue weighted by atomic mass is 32.2. The van der Waals surface area contributed by atoms with E-state index in [1.807, 2.05) is 18.3 Å². The molecule has 0 radical (unpaired) electrons. The Bertz CT molecular complexity index is 1050. The van der Waals surface area contributed by atoms with Gasteiger partial charge in [-0.2, -0.15) is 0 Å². The molecule has 11 heteroatoms. The Morgan fingerprint density at radius 1 is 1.16 bits per heavy atom. The molecule has 1 fully saturated rings. The van der Waals surface area contributed by atoms with Gasteiger partial charge in [0.1, 0.15) is 15.7 Å². The number of aryl methyl sites for hydroxylation is 2. The molecule has 3 aromatic heterocycles. The van der Waals surface area contributed by atoms with Gasteiger partial charge in [-0.15, -0.1) is 21.5 Å². The first-order valence-corrected chi connectivity index (χ1v) is 13.7. The number of anilines is 1. The van der Waals surface area contributed by atoms with Crippen LogP contribution in [0, 0.1) is 0 Å². The van der Waals surface area contributed by atoms with Gasteiger partial charge in [0.2, 0.25) is 5.13 Å². The third-order valence-electron chi connectivity index (χ3n) is 5.58. The SMILES string of the molecule is CCOCCCNc1nnc(Sc2nc(CN3CCOCC3)nc3sc4c(c23)CCC4)s1. The summed E-state index contributed by atoms with van der Waals surface area (Å²) in [6.07, 6.45) is 4.46. The molecule has 172 valence electrons. The van der Waals surface area contributed by atoms with Crippen LogP contribution in [-0.4, -0.2) is 71.1 Å². The van der Waals surface area contributed by atoms with Crippen LogP contribution in [0.4, 0.5) is 5.13 Å². The monoisotopic (exact) mass is 492 g/mol. The minimum Gasteiger partial charge on any atom is -0.382 e. The number of thiophene rings is 1. The van der Waals surface area contributed by atoms with Gasteiger partial charge in [-0.3, -0.25) is 4.90 Å². The molecule has 5 rings (SSSR count). The highest BCUT2D eigenvalue weighted by Crippen LogP contribution is 2.43. The Morgan fingerprint density at radius 3 is 2.94 bits per heavy atom. The van der Waals surface area contributed by atoms with Gasteiger partial charge >= 0.3 is 0 Å². The molecule has 0 unspecified atom stereocenters. The molecule has 3 aromatic rings. The predicted molar refractivity (Wildman–Crippen MR) is 129 cm³/mol. The van der Waals surface area contributed by atoms with E-state index in [0.29, 0.717) is 0 Å². The topological polar surface area (TPSA) is 85.3 Å². The summed E-state index contributed by atoms with van der Waals surface area (Å²) in [4.78, 5) is 15.0. The van der Waals surface area contributed by atoms with E-state index in [0.717, 1.165) is 97.0 Å². The summed E-state index contributed by atoms with van der Waals surface area (Å²) < 4.78 is 11.8. The second kappa shape index (κ2) is 10.7. The number of hydrogen-bond acceptors (Lipinski definition) is 11. The van der Waals surface area contributed by atoms with E-state index in [-0.39, 0.29) is 0 Å². The summed E-state index contributed by atoms with van der Waals surface area (Å²) >= 11 is 5.05. The molecular formula is C21H28N6O2S3. The lowest BCUT2D eigenvalue weighted by atomic mass is 10.2. The molecule has 0 aromatic carbocycles. The van der Waals surface area contributed by atoms with Crippen LogP contribution in [0.15, 0.2) is 9.37 Å². The van der Waals surface area contributed by atoms with Crippen molar-refractivity contribution in [2.45, 2.75) is 48.5 Å². The maximum absolute atomic E-state index is 5.49. The lowest BCUT2D eigenvalue weighted by molar-refractivity contribution is 0.0330. The summed E-state index contributed by atoms with van der Waals surface area (Å²) in [7, 11) is 0. The summed E-state index contributed by atoms with van der Waals surface area (Å²) in [5.74, 6) is 0.889. The number of aromatic nitrogens is 4. The number of nitrogens with one attached hydrogen (secondary N) is 1. The van der Waals surface area contributed by atoms with Crippen LogP contribution in [0.25, 0.3) is 10.2 Å². The fourth-order valence-electron chi connectivity index (χ4n) is 4.03. The number of morpholine rings is 1. The molecule has 0 saturated carbocycles. The molecule has 0 spiro atoms. The third kappa shape index (κ3) is 5.23. The fourth-order valence-corrected chi connectivity index (χ4v) is 7.24. The van der Waals surface area contributed by atoms with E-state index < -0.39 is 0 Å². The summed E-state index contributed by atoms with van der Waals surface area (Å²) in [5.41, 5.74) is 1.45. The highest BCUT2D eigenvalue weighted by molar-refractivity contribution is 8.01. The number of rotatable bonds is 10. The molecule has 1 saturated heterocycles. The summed E-state index contributed by atoms with van der Waals surface area (Å²) in [6.45, 7) is 8.55. The summed E-state index contributed by atoms with van der Waals surface area (Å²) in [6, 6.07) is 0. The normalized spacial score (nSPS) is 16.7. The Morgan fingerprint density at radius 2 is 2.06 bits per heavy atom. The van der Waals surface area contributed by atoms with Crippen molar-refractivity contribution >= 4 is 49.8 Å². The van der Waals surface area contributed by atoms with Gasteiger partial charge in [0.15, 0.2) is 4.34 Å². The first-order valence-electron chi connectivity index (χ1n) is 11.2. The first-order chi connectivity index (χ1) is 15.8. The Hall–Kier alpha value is -1.37. The minimum absolute atomic E-state index is 0.757. The second-order valence-electron chi connectivity index (χ2n) is 7.82. The van der Waals surface area contributed by atoms with Gasteiger partial charge < -0.3 is 14.8 Å². The summed E-state index contributed by atoms with van der Waals surface area (Å²) in [5, 5.41) is 15.2. The molecule has 1 aliphatic carbocycles. The molecule has 2 aliphatic rings. The van der Waals surface area contributed by atoms with Crippen molar-refractivity contribution in [1.29, 1.82) is 0 Å². The molecule has 8 nitrogen and oxygen atoms in total. The molecule has 32 heavy (non-hydrogen) atoms. The number of hydrogen-bond donors (Lipinski definition) is 1. The third-order valence-corrected chi connectivity index (χ3v) is 8.69. The van der Waals surface area contributed by atoms with Crippen molar-refractivity contribution in [3.8, 4) is 0 Å². The zero-order chi connectivity index (χ0) is 21.8. The Kier molecular flexibility index (Phi) is 7.50. The van der Waals surface area contributed by atoms with E-state index in [1.54, 1.807) is 23.1 Å². The van der Waals surface area contributed by atoms with Gasteiger partial charge in [0, 0.05) is 43.1 Å². The highest BCUT2D eigenvalue weighted by Gasteiger charge is 2.24. The quantitative estimate of drug-likeness (QED) is 0.335. The maximum atomic E-state index is 5.49. The van der Waals surface area contributed by atoms with Crippen molar-refractivity contribution in [3.05, 3.63) is 16.3 Å². The lowest BCUT2D eigenvalue weighted by Gasteiger charge is -2.25. The Balaban J connectivity index is 1.35. The van der Waals surface area contributed by atoms with Crippen molar-refractivity contribution in [1.82, 2.24) is 25.1 Å². The van der Waals surface area contributed by atoms with Crippen molar-refractivity contribution in [3.63, 3.8) is 0 Å². The van der Waals surface area contributed by atoms with Crippen LogP contribution in [0.5, 0.6) is 0 Å². The second-order valence-corrected chi connectivity index (χ2v) is 11.1. The minimum atomic E-state index is 0.757. The van der Waals surface area contributed by atoms with Gasteiger partial charge in [0.05, 0.1) is 19.8 Å². The van der Waals surface area contributed by atoms with Crippen LogP contribution < -0.4 is 5.32 Å². The average Bonchev–Trinajstić information content (AvgIpc) is 3.51. The molecule has 1 N–H and O–H groups in total. The van der Waals surface area contributed by atoms with Crippen LogP contribution in [0.3, 0.4) is 0 Å². The smallest absolute Gasteiger partial charge is 0.206 e. The van der Waals surface area contributed by atoms with E-state index in [4.69, 9.17) is 19.4 Å². The zero-order valence-electron chi connectivity index (χ0n) is 18.3. The zero-order valence-corrected chi connectivity index (χ0v) is 20.7. The van der Waals surface area contributed by atoms with Gasteiger partial charge in [-0.1, -0.05) is 11.3 Å². The molecule has 0 amide bonds. The number of nitrogens with zero attached hydrogens (tertiary/aromatic N) is 5. The molecule has 0 atom stereocenters. The molecular weight excluding hydrogens is 464 g/mol. The van der Waals surface area contributed by atoms with Crippen LogP contribution in [0.2, 0.25) is 0 Å². The standard InChI is InChI=1S/C21H28N6O2S3/c1-2-28-10-4-7-22-20-25-26-21(32-20)31-19-17-14-5-3-6-15(14)30-18(17)23-16(24-19)13-27-8-11-29-12-9-27/h2-13H2,1H3,(H,22,25). The fraction of sp³-hybridized carbons (Fsp3) is 0.619. The predicted octanol–water partition coefficient (Wildman–Crippen LogP) is 3.85. The van der Waals surface area contributed by atoms with E-state index >= 15 is 0 Å². The van der Waals surface area contributed by atoms with Crippen LogP contribution >= 0.6 is 34.4 Å². The molecule has 1 aliphatic heterocycles. The van der Waals surface area contributed by atoms with E-state index in [2.05, 4.69) is 20.4 Å². The van der Waals surface area contributed by atoms with Crippen molar-refractivity contribution in [2.24, 2.45) is 0 Å². The van der Waals surface area contributed by atoms with Crippen molar-refractivity contribution < 1.29 is 9.47 Å². The maximum Gasteiger partial charge on any atom is 0.206 e.